The standard InChI is InChI=1S/C14H19ClN2O3/c15-12-1-3-13(4-2-12)20-8-7-17-6-5-11(10-17)9-16-14(18)19/h1-4,11,16H,5-10H2,(H,18,19). The number of halogens is 1. The van der Waals surface area contributed by atoms with Gasteiger partial charge in [-0.1, -0.05) is 11.6 Å². The third kappa shape index (κ3) is 4.90. The molecule has 1 atom stereocenters. The number of nitrogens with zero attached hydrogens (tertiary/aromatic N) is 1. The lowest BCUT2D eigenvalue weighted by Crippen LogP contribution is -2.31. The van der Waals surface area contributed by atoms with E-state index in [1.807, 2.05) is 12.1 Å². The number of hydrogen-bond acceptors (Lipinski definition) is 3. The summed E-state index contributed by atoms with van der Waals surface area (Å²) in [6.45, 7) is 3.93. The average molecular weight is 299 g/mol. The molecule has 0 spiro atoms. The van der Waals surface area contributed by atoms with Gasteiger partial charge >= 0.3 is 6.09 Å². The summed E-state index contributed by atoms with van der Waals surface area (Å²) in [6.07, 6.45) is 0.0795. The van der Waals surface area contributed by atoms with Gasteiger partial charge in [0, 0.05) is 24.7 Å². The van der Waals surface area contributed by atoms with Crippen molar-refractivity contribution in [1.29, 1.82) is 0 Å². The number of amides is 1. The van der Waals surface area contributed by atoms with Crippen molar-refractivity contribution in [2.45, 2.75) is 6.42 Å². The Hall–Kier alpha value is -1.46. The second-order valence-corrected chi connectivity index (χ2v) is 5.38. The molecule has 0 radical (unpaired) electrons. The fourth-order valence-corrected chi connectivity index (χ4v) is 2.46. The molecule has 0 aliphatic carbocycles. The molecule has 1 heterocycles. The average Bonchev–Trinajstić information content (AvgIpc) is 2.87. The van der Waals surface area contributed by atoms with Gasteiger partial charge in [-0.05, 0) is 43.1 Å². The number of benzene rings is 1. The van der Waals surface area contributed by atoms with E-state index in [-0.39, 0.29) is 0 Å². The van der Waals surface area contributed by atoms with E-state index >= 15 is 0 Å². The fourth-order valence-electron chi connectivity index (χ4n) is 2.34. The van der Waals surface area contributed by atoms with Crippen LogP contribution in [0.25, 0.3) is 0 Å². The minimum absolute atomic E-state index is 0.404. The van der Waals surface area contributed by atoms with Crippen molar-refractivity contribution in [3.8, 4) is 5.75 Å². The Morgan fingerprint density at radius 3 is 2.90 bits per heavy atom. The van der Waals surface area contributed by atoms with Gasteiger partial charge in [0.15, 0.2) is 0 Å². The first-order valence-corrected chi connectivity index (χ1v) is 7.09. The summed E-state index contributed by atoms with van der Waals surface area (Å²) in [5.74, 6) is 1.22. The Morgan fingerprint density at radius 1 is 1.45 bits per heavy atom. The highest BCUT2D eigenvalue weighted by atomic mass is 35.5. The number of carbonyl (C=O) groups is 1. The molecule has 6 heteroatoms. The van der Waals surface area contributed by atoms with Gasteiger partial charge in [0.1, 0.15) is 12.4 Å². The molecular formula is C14H19ClN2O3. The van der Waals surface area contributed by atoms with Gasteiger partial charge in [0.05, 0.1) is 0 Å². The molecule has 1 amide bonds. The van der Waals surface area contributed by atoms with Gasteiger partial charge in [0.2, 0.25) is 0 Å². The maximum atomic E-state index is 10.4. The second-order valence-electron chi connectivity index (χ2n) is 4.94. The summed E-state index contributed by atoms with van der Waals surface area (Å²) in [5, 5.41) is 11.7. The smallest absolute Gasteiger partial charge is 0.404 e. The van der Waals surface area contributed by atoms with Gasteiger partial charge < -0.3 is 15.2 Å². The summed E-state index contributed by atoms with van der Waals surface area (Å²) < 4.78 is 5.65. The van der Waals surface area contributed by atoms with Gasteiger partial charge in [-0.3, -0.25) is 4.90 Å². The fraction of sp³-hybridized carbons (Fsp3) is 0.500. The first kappa shape index (κ1) is 14.9. The normalized spacial score (nSPS) is 18.9. The van der Waals surface area contributed by atoms with Gasteiger partial charge in [0.25, 0.3) is 0 Å². The van der Waals surface area contributed by atoms with Crippen molar-refractivity contribution in [2.24, 2.45) is 5.92 Å². The van der Waals surface area contributed by atoms with Crippen LogP contribution in [-0.4, -0.2) is 48.9 Å². The number of hydrogen-bond donors (Lipinski definition) is 2. The molecule has 5 nitrogen and oxygen atoms in total. The number of ether oxygens (including phenoxy) is 1. The van der Waals surface area contributed by atoms with Crippen LogP contribution in [-0.2, 0) is 0 Å². The number of nitrogens with one attached hydrogen (secondary N) is 1. The number of rotatable bonds is 6. The summed E-state index contributed by atoms with van der Waals surface area (Å²) in [6, 6.07) is 7.32. The Balaban J connectivity index is 1.63. The van der Waals surface area contributed by atoms with E-state index in [1.165, 1.54) is 0 Å². The minimum Gasteiger partial charge on any atom is -0.492 e. The zero-order valence-corrected chi connectivity index (χ0v) is 12.0. The molecule has 1 saturated heterocycles. The molecule has 1 aromatic rings. The third-order valence-corrected chi connectivity index (χ3v) is 3.65. The van der Waals surface area contributed by atoms with Crippen molar-refractivity contribution in [1.82, 2.24) is 10.2 Å². The van der Waals surface area contributed by atoms with Crippen LogP contribution in [0.4, 0.5) is 4.79 Å². The summed E-state index contributed by atoms with van der Waals surface area (Å²) >= 11 is 5.81. The topological polar surface area (TPSA) is 61.8 Å². The van der Waals surface area contributed by atoms with Crippen LogP contribution in [0.1, 0.15) is 6.42 Å². The Bertz CT molecular complexity index is 439. The van der Waals surface area contributed by atoms with Crippen molar-refractivity contribution in [3.05, 3.63) is 29.3 Å². The van der Waals surface area contributed by atoms with E-state index in [0.29, 0.717) is 24.1 Å². The highest BCUT2D eigenvalue weighted by Gasteiger charge is 2.22. The predicted molar refractivity (Wildman–Crippen MR) is 77.5 cm³/mol. The van der Waals surface area contributed by atoms with Crippen LogP contribution in [0.15, 0.2) is 24.3 Å². The molecule has 1 aromatic carbocycles. The predicted octanol–water partition coefficient (Wildman–Crippen LogP) is 2.31. The molecule has 0 aromatic heterocycles. The van der Waals surface area contributed by atoms with Crippen LogP contribution in [0.5, 0.6) is 5.75 Å². The molecule has 20 heavy (non-hydrogen) atoms. The second kappa shape index (κ2) is 7.36. The largest absolute Gasteiger partial charge is 0.492 e. The Morgan fingerprint density at radius 2 is 2.20 bits per heavy atom. The van der Waals surface area contributed by atoms with Crippen LogP contribution in [0.3, 0.4) is 0 Å². The van der Waals surface area contributed by atoms with Crippen LogP contribution < -0.4 is 10.1 Å². The molecular weight excluding hydrogens is 280 g/mol. The van der Waals surface area contributed by atoms with Gasteiger partial charge in [-0.15, -0.1) is 0 Å². The van der Waals surface area contributed by atoms with Crippen LogP contribution in [0.2, 0.25) is 5.02 Å². The lowest BCUT2D eigenvalue weighted by molar-refractivity contribution is 0.191. The minimum atomic E-state index is -0.950. The Kier molecular flexibility index (Phi) is 5.49. The van der Waals surface area contributed by atoms with E-state index < -0.39 is 6.09 Å². The molecule has 1 aliphatic heterocycles. The third-order valence-electron chi connectivity index (χ3n) is 3.40. The molecule has 0 saturated carbocycles. The molecule has 1 aliphatic rings. The highest BCUT2D eigenvalue weighted by Crippen LogP contribution is 2.17. The van der Waals surface area contributed by atoms with E-state index in [0.717, 1.165) is 31.8 Å². The lowest BCUT2D eigenvalue weighted by Gasteiger charge is -2.16. The van der Waals surface area contributed by atoms with Crippen LogP contribution >= 0.6 is 11.6 Å². The molecule has 1 unspecified atom stereocenters. The Labute approximate surface area is 123 Å². The quantitative estimate of drug-likeness (QED) is 0.846. The zero-order chi connectivity index (χ0) is 14.4. The zero-order valence-electron chi connectivity index (χ0n) is 11.2. The monoisotopic (exact) mass is 298 g/mol. The van der Waals surface area contributed by atoms with Crippen molar-refractivity contribution in [2.75, 3.05) is 32.8 Å². The first-order valence-electron chi connectivity index (χ1n) is 6.71. The summed E-state index contributed by atoms with van der Waals surface area (Å²) in [4.78, 5) is 12.7. The van der Waals surface area contributed by atoms with Gasteiger partial charge in [-0.25, -0.2) is 4.79 Å². The maximum absolute atomic E-state index is 10.4. The SMILES string of the molecule is O=C(O)NCC1CCN(CCOc2ccc(Cl)cc2)C1. The van der Waals surface area contributed by atoms with E-state index in [2.05, 4.69) is 10.2 Å². The maximum Gasteiger partial charge on any atom is 0.404 e. The molecule has 110 valence electrons. The van der Waals surface area contributed by atoms with E-state index in [1.54, 1.807) is 12.1 Å². The van der Waals surface area contributed by atoms with Crippen molar-refractivity contribution < 1.29 is 14.6 Å². The summed E-state index contributed by atoms with van der Waals surface area (Å²) in [5.41, 5.74) is 0. The summed E-state index contributed by atoms with van der Waals surface area (Å²) in [7, 11) is 0. The first-order chi connectivity index (χ1) is 9.63. The lowest BCUT2D eigenvalue weighted by atomic mass is 10.1. The number of likely N-dealkylation sites (tertiary alicyclic amines) is 1. The van der Waals surface area contributed by atoms with Crippen molar-refractivity contribution in [3.63, 3.8) is 0 Å². The number of carboxylic acid groups (broad SMARTS) is 1. The van der Waals surface area contributed by atoms with E-state index in [4.69, 9.17) is 21.4 Å². The van der Waals surface area contributed by atoms with Crippen molar-refractivity contribution >= 4 is 17.7 Å². The molecule has 2 N–H and O–H groups in total. The molecule has 0 bridgehead atoms. The molecule has 2 rings (SSSR count). The van der Waals surface area contributed by atoms with E-state index in [9.17, 15) is 4.79 Å². The van der Waals surface area contributed by atoms with Gasteiger partial charge in [-0.2, -0.15) is 0 Å². The highest BCUT2D eigenvalue weighted by molar-refractivity contribution is 6.30. The van der Waals surface area contributed by atoms with Crippen LogP contribution in [0, 0.1) is 5.92 Å². The molecule has 1 fully saturated rings.